The van der Waals surface area contributed by atoms with Gasteiger partial charge in [0.25, 0.3) is 5.91 Å². The molecule has 0 spiro atoms. The fourth-order valence-electron chi connectivity index (χ4n) is 2.74. The number of hydrogen-bond donors (Lipinski definition) is 0. The quantitative estimate of drug-likeness (QED) is 0.829. The Hall–Kier alpha value is -2.34. The van der Waals surface area contributed by atoms with Gasteiger partial charge in [-0.3, -0.25) is 4.79 Å². The summed E-state index contributed by atoms with van der Waals surface area (Å²) in [7, 11) is 0. The van der Waals surface area contributed by atoms with Gasteiger partial charge in [0.05, 0.1) is 11.3 Å². The Labute approximate surface area is 131 Å². The minimum Gasteiger partial charge on any atom is -0.268 e. The Balaban J connectivity index is 1.97. The van der Waals surface area contributed by atoms with E-state index in [9.17, 15) is 18.0 Å². The van der Waals surface area contributed by atoms with E-state index >= 15 is 0 Å². The molecule has 0 N–H and O–H groups in total. The van der Waals surface area contributed by atoms with Crippen LogP contribution in [0.15, 0.2) is 48.5 Å². The van der Waals surface area contributed by atoms with Gasteiger partial charge < -0.3 is 0 Å². The third kappa shape index (κ3) is 2.39. The maximum atomic E-state index is 13.1. The summed E-state index contributed by atoms with van der Waals surface area (Å²) in [6, 6.07) is 12.0. The van der Waals surface area contributed by atoms with Crippen LogP contribution in [0.3, 0.4) is 0 Å². The average molecular weight is 321 g/mol. The number of alkyl halides is 3. The second kappa shape index (κ2) is 5.09. The van der Waals surface area contributed by atoms with Crippen LogP contribution in [0.5, 0.6) is 0 Å². The Kier molecular flexibility index (Phi) is 3.44. The van der Waals surface area contributed by atoms with Gasteiger partial charge in [0, 0.05) is 0 Å². The molecule has 2 aromatic rings. The molecule has 0 aromatic heterocycles. The maximum Gasteiger partial charge on any atom is 0.418 e. The SMILES string of the molecule is Cc1ccccc1[C@@]1(C)ON(c2ccccc2C(F)(F)F)C1=O. The van der Waals surface area contributed by atoms with Crippen molar-refractivity contribution in [3.63, 3.8) is 0 Å². The van der Waals surface area contributed by atoms with Crippen LogP contribution in [0.2, 0.25) is 0 Å². The minimum absolute atomic E-state index is 0.295. The smallest absolute Gasteiger partial charge is 0.268 e. The summed E-state index contributed by atoms with van der Waals surface area (Å²) in [5.41, 5.74) is -0.988. The lowest BCUT2D eigenvalue weighted by molar-refractivity contribution is -0.187. The summed E-state index contributed by atoms with van der Waals surface area (Å²) < 4.78 is 39.2. The number of hydroxylamine groups is 1. The van der Waals surface area contributed by atoms with E-state index < -0.39 is 23.2 Å². The second-order valence-electron chi connectivity index (χ2n) is 5.55. The monoisotopic (exact) mass is 321 g/mol. The Bertz CT molecular complexity index is 772. The predicted molar refractivity (Wildman–Crippen MR) is 78.5 cm³/mol. The Morgan fingerprint density at radius 2 is 1.65 bits per heavy atom. The zero-order valence-corrected chi connectivity index (χ0v) is 12.5. The number of para-hydroxylation sites is 1. The number of rotatable bonds is 2. The highest BCUT2D eigenvalue weighted by Gasteiger charge is 2.55. The largest absolute Gasteiger partial charge is 0.418 e. The molecule has 1 heterocycles. The maximum absolute atomic E-state index is 13.1. The summed E-state index contributed by atoms with van der Waals surface area (Å²) in [4.78, 5) is 18.1. The van der Waals surface area contributed by atoms with E-state index in [1.165, 1.54) is 18.2 Å². The summed E-state index contributed by atoms with van der Waals surface area (Å²) >= 11 is 0. The van der Waals surface area contributed by atoms with E-state index in [-0.39, 0.29) is 5.69 Å². The van der Waals surface area contributed by atoms with Gasteiger partial charge >= 0.3 is 6.18 Å². The van der Waals surface area contributed by atoms with E-state index in [1.807, 2.05) is 19.1 Å². The van der Waals surface area contributed by atoms with Crippen molar-refractivity contribution in [2.24, 2.45) is 0 Å². The first-order valence-electron chi connectivity index (χ1n) is 7.01. The van der Waals surface area contributed by atoms with Crippen LogP contribution < -0.4 is 5.06 Å². The number of amides is 1. The fraction of sp³-hybridized carbons (Fsp3) is 0.235. The molecule has 1 atom stereocenters. The van der Waals surface area contributed by atoms with Gasteiger partial charge in [-0.25, -0.2) is 4.84 Å². The third-order valence-electron chi connectivity index (χ3n) is 3.95. The lowest BCUT2D eigenvalue weighted by Gasteiger charge is -2.46. The molecule has 6 heteroatoms. The van der Waals surface area contributed by atoms with Crippen LogP contribution in [-0.2, 0) is 21.4 Å². The normalized spacial score (nSPS) is 21.3. The van der Waals surface area contributed by atoms with E-state index in [4.69, 9.17) is 4.84 Å². The van der Waals surface area contributed by atoms with E-state index in [0.29, 0.717) is 5.56 Å². The molecular weight excluding hydrogens is 307 g/mol. The molecule has 0 unspecified atom stereocenters. The van der Waals surface area contributed by atoms with Crippen molar-refractivity contribution in [1.29, 1.82) is 0 Å². The number of halogens is 3. The van der Waals surface area contributed by atoms with Crippen LogP contribution in [0.1, 0.15) is 23.6 Å². The van der Waals surface area contributed by atoms with Crippen LogP contribution in [0, 0.1) is 6.92 Å². The lowest BCUT2D eigenvalue weighted by atomic mass is 9.88. The highest BCUT2D eigenvalue weighted by molar-refractivity contribution is 6.03. The van der Waals surface area contributed by atoms with Gasteiger partial charge in [0.2, 0.25) is 0 Å². The average Bonchev–Trinajstić information content (AvgIpc) is 2.51. The summed E-state index contributed by atoms with van der Waals surface area (Å²) in [5, 5.41) is 0.718. The number of hydrogen-bond acceptors (Lipinski definition) is 2. The van der Waals surface area contributed by atoms with Crippen LogP contribution in [0.25, 0.3) is 0 Å². The van der Waals surface area contributed by atoms with Crippen molar-refractivity contribution < 1.29 is 22.8 Å². The third-order valence-corrected chi connectivity index (χ3v) is 3.95. The zero-order valence-electron chi connectivity index (χ0n) is 12.5. The van der Waals surface area contributed by atoms with Gasteiger partial charge in [-0.1, -0.05) is 36.4 Å². The predicted octanol–water partition coefficient (Wildman–Crippen LogP) is 4.21. The number of nitrogens with zero attached hydrogens (tertiary/aromatic N) is 1. The van der Waals surface area contributed by atoms with Crippen molar-refractivity contribution in [3.8, 4) is 0 Å². The molecule has 1 aliphatic heterocycles. The minimum atomic E-state index is -4.56. The first-order chi connectivity index (χ1) is 10.7. The van der Waals surface area contributed by atoms with Gasteiger partial charge in [-0.05, 0) is 37.1 Å². The van der Waals surface area contributed by atoms with Crippen LogP contribution >= 0.6 is 0 Å². The van der Waals surface area contributed by atoms with Crippen molar-refractivity contribution in [2.45, 2.75) is 25.6 Å². The molecule has 0 aliphatic carbocycles. The summed E-state index contributed by atoms with van der Waals surface area (Å²) in [5.74, 6) is -0.525. The van der Waals surface area contributed by atoms with Gasteiger partial charge in [0.15, 0.2) is 5.60 Å². The van der Waals surface area contributed by atoms with Gasteiger partial charge in [0.1, 0.15) is 0 Å². The fourth-order valence-corrected chi connectivity index (χ4v) is 2.74. The first-order valence-corrected chi connectivity index (χ1v) is 7.01. The summed E-state index contributed by atoms with van der Waals surface area (Å²) in [6.07, 6.45) is -4.56. The molecule has 1 aliphatic rings. The standard InChI is InChI=1S/C17H14F3NO2/c1-11-7-3-4-8-12(11)16(2)15(22)21(23-16)14-10-6-5-9-13(14)17(18,19)20/h3-10H,1-2H3/t16-/m1/s1. The van der Waals surface area contributed by atoms with Crippen molar-refractivity contribution >= 4 is 11.6 Å². The Morgan fingerprint density at radius 3 is 2.26 bits per heavy atom. The lowest BCUT2D eigenvalue weighted by Crippen LogP contribution is -2.61. The van der Waals surface area contributed by atoms with E-state index in [0.717, 1.165) is 16.7 Å². The first kappa shape index (κ1) is 15.6. The molecule has 120 valence electrons. The van der Waals surface area contributed by atoms with Crippen LogP contribution in [0.4, 0.5) is 18.9 Å². The molecule has 23 heavy (non-hydrogen) atoms. The molecule has 0 saturated carbocycles. The number of aryl methyl sites for hydroxylation is 1. The second-order valence-corrected chi connectivity index (χ2v) is 5.55. The van der Waals surface area contributed by atoms with Gasteiger partial charge in [-0.2, -0.15) is 18.2 Å². The highest BCUT2D eigenvalue weighted by Crippen LogP contribution is 2.45. The zero-order chi connectivity index (χ0) is 16.8. The molecule has 3 rings (SSSR count). The topological polar surface area (TPSA) is 29.5 Å². The molecule has 1 saturated heterocycles. The van der Waals surface area contributed by atoms with E-state index in [1.54, 1.807) is 19.1 Å². The number of carbonyl (C=O) groups is 1. The van der Waals surface area contributed by atoms with Crippen LogP contribution in [-0.4, -0.2) is 5.91 Å². The van der Waals surface area contributed by atoms with Crippen molar-refractivity contribution in [1.82, 2.24) is 0 Å². The number of benzene rings is 2. The van der Waals surface area contributed by atoms with Crippen molar-refractivity contribution in [2.75, 3.05) is 5.06 Å². The van der Waals surface area contributed by atoms with E-state index in [2.05, 4.69) is 0 Å². The molecule has 1 fully saturated rings. The molecule has 2 aromatic carbocycles. The molecule has 0 radical (unpaired) electrons. The van der Waals surface area contributed by atoms with Gasteiger partial charge in [-0.15, -0.1) is 0 Å². The molecule has 0 bridgehead atoms. The highest BCUT2D eigenvalue weighted by atomic mass is 19.4. The molecular formula is C17H14F3NO2. The molecule has 3 nitrogen and oxygen atoms in total. The Morgan fingerprint density at radius 1 is 1.04 bits per heavy atom. The molecule has 1 amide bonds. The number of anilines is 1. The van der Waals surface area contributed by atoms with Crippen molar-refractivity contribution in [3.05, 3.63) is 65.2 Å². The number of carbonyl (C=O) groups excluding carboxylic acids is 1. The summed E-state index contributed by atoms with van der Waals surface area (Å²) in [6.45, 7) is 3.38.